The van der Waals surface area contributed by atoms with E-state index in [4.69, 9.17) is 24.2 Å². The highest BCUT2D eigenvalue weighted by Gasteiger charge is 2.48. The third-order valence-corrected chi connectivity index (χ3v) is 5.02. The fourth-order valence-electron chi connectivity index (χ4n) is 3.16. The van der Waals surface area contributed by atoms with Crippen LogP contribution < -0.4 is 4.74 Å². The summed E-state index contributed by atoms with van der Waals surface area (Å²) in [4.78, 5) is 14.0. The Balaban J connectivity index is 1.64. The lowest BCUT2D eigenvalue weighted by molar-refractivity contribution is -0.429. The maximum atomic E-state index is 10.7. The molecule has 3 rings (SSSR count). The van der Waals surface area contributed by atoms with Crippen molar-refractivity contribution in [3.05, 3.63) is 34.4 Å². The van der Waals surface area contributed by atoms with E-state index in [1.165, 1.54) is 12.1 Å². The van der Waals surface area contributed by atoms with Gasteiger partial charge in [-0.15, -0.1) is 0 Å². The maximum absolute atomic E-state index is 10.7. The Labute approximate surface area is 179 Å². The number of rotatable bonds is 7. The molecule has 10 atom stereocenters. The van der Waals surface area contributed by atoms with Gasteiger partial charge in [0.2, 0.25) is 12.6 Å². The number of nitrogens with zero attached hydrogens (tertiary/aromatic N) is 1. The second-order valence-corrected chi connectivity index (χ2v) is 7.17. The fraction of sp³-hybridized carbons (Fsp3) is 0.647. The van der Waals surface area contributed by atoms with Crippen LogP contribution >= 0.6 is 0 Å². The highest BCUT2D eigenvalue weighted by molar-refractivity contribution is 5.36. The topological polar surface area (TPSA) is 231 Å². The number of aliphatic hydroxyl groups excluding tert-OH is 6. The van der Waals surface area contributed by atoms with Crippen LogP contribution in [0.4, 0.5) is 5.69 Å². The van der Waals surface area contributed by atoms with Gasteiger partial charge >= 0.3 is 0 Å². The molecular formula is C17H23NO14. The minimum Gasteiger partial charge on any atom is -0.462 e. The number of non-ortho nitro benzene ring substituents is 1. The first-order valence-corrected chi connectivity index (χ1v) is 9.36. The van der Waals surface area contributed by atoms with E-state index in [-0.39, 0.29) is 11.4 Å². The van der Waals surface area contributed by atoms with Gasteiger partial charge in [-0.05, 0) is 12.1 Å². The van der Waals surface area contributed by atoms with Crippen molar-refractivity contribution in [3.8, 4) is 5.75 Å². The van der Waals surface area contributed by atoms with E-state index in [1.54, 1.807) is 0 Å². The van der Waals surface area contributed by atoms with Gasteiger partial charge in [0.15, 0.2) is 6.29 Å². The van der Waals surface area contributed by atoms with Crippen LogP contribution in [0.5, 0.6) is 5.75 Å². The van der Waals surface area contributed by atoms with E-state index < -0.39 is 73.1 Å². The Bertz CT molecular complexity index is 762. The summed E-state index contributed by atoms with van der Waals surface area (Å²) in [6, 6.07) is 4.78. The van der Waals surface area contributed by atoms with Gasteiger partial charge in [-0.25, -0.2) is 10.1 Å². The molecule has 0 amide bonds. The number of nitro groups is 1. The summed E-state index contributed by atoms with van der Waals surface area (Å²) < 4.78 is 21.0. The lowest BCUT2D eigenvalue weighted by Crippen LogP contribution is -2.62. The van der Waals surface area contributed by atoms with Crippen molar-refractivity contribution in [2.75, 3.05) is 6.61 Å². The smallest absolute Gasteiger partial charge is 0.269 e. The number of hydrogen-bond donors (Lipinski definition) is 7. The highest BCUT2D eigenvalue weighted by Crippen LogP contribution is 2.27. The van der Waals surface area contributed by atoms with E-state index in [0.717, 1.165) is 12.1 Å². The zero-order chi connectivity index (χ0) is 23.6. The van der Waals surface area contributed by atoms with E-state index >= 15 is 0 Å². The molecule has 15 heteroatoms. The summed E-state index contributed by atoms with van der Waals surface area (Å²) in [6.45, 7) is -0.562. The zero-order valence-electron chi connectivity index (χ0n) is 16.2. The van der Waals surface area contributed by atoms with Crippen LogP contribution in [-0.2, 0) is 19.1 Å². The molecule has 2 aliphatic heterocycles. The molecule has 180 valence electrons. The van der Waals surface area contributed by atoms with E-state index in [9.17, 15) is 40.8 Å². The normalized spacial score (nSPS) is 40.1. The van der Waals surface area contributed by atoms with Crippen LogP contribution in [0.25, 0.3) is 0 Å². The maximum Gasteiger partial charge on any atom is 0.269 e. The summed E-state index contributed by atoms with van der Waals surface area (Å²) >= 11 is 0. The number of benzene rings is 1. The van der Waals surface area contributed by atoms with E-state index in [2.05, 4.69) is 4.89 Å². The van der Waals surface area contributed by atoms with Crippen LogP contribution in [0.15, 0.2) is 24.3 Å². The minimum absolute atomic E-state index is 0.0639. The number of nitro benzene ring substituents is 1. The monoisotopic (exact) mass is 465 g/mol. The van der Waals surface area contributed by atoms with Crippen molar-refractivity contribution in [1.82, 2.24) is 0 Å². The first kappa shape index (κ1) is 24.6. The molecule has 2 fully saturated rings. The summed E-state index contributed by atoms with van der Waals surface area (Å²) in [5.74, 6) is 0.0639. The molecule has 2 aliphatic rings. The molecule has 1 aromatic rings. The van der Waals surface area contributed by atoms with Crippen LogP contribution in [0.1, 0.15) is 0 Å². The number of aliphatic hydroxyl groups is 6. The third kappa shape index (κ3) is 5.13. The lowest BCUT2D eigenvalue weighted by Gasteiger charge is -2.42. The van der Waals surface area contributed by atoms with Crippen LogP contribution in [-0.4, -0.2) is 109 Å². The van der Waals surface area contributed by atoms with Gasteiger partial charge in [0, 0.05) is 12.1 Å². The van der Waals surface area contributed by atoms with Crippen molar-refractivity contribution in [3.63, 3.8) is 0 Å². The summed E-state index contributed by atoms with van der Waals surface area (Å²) in [6.07, 6.45) is -16.6. The molecule has 2 heterocycles. The van der Waals surface area contributed by atoms with Crippen molar-refractivity contribution in [2.45, 2.75) is 61.6 Å². The molecule has 7 N–H and O–H groups in total. The molecule has 0 aromatic heterocycles. The van der Waals surface area contributed by atoms with Gasteiger partial charge in [-0.3, -0.25) is 10.1 Å². The Morgan fingerprint density at radius 2 is 1.38 bits per heavy atom. The van der Waals surface area contributed by atoms with Gasteiger partial charge in [-0.2, -0.15) is 0 Å². The van der Waals surface area contributed by atoms with Crippen LogP contribution in [0.3, 0.4) is 0 Å². The SMILES string of the molecule is O=[N+]([O-])c1ccc(O[C@@H]2O[C@H](CO[C@@H]3O[C@H](OO)[C@H](O)[C@H](O)[C@H]3O)[C@H](O)[C@H](O)[C@H]2O)cc1. The molecule has 0 saturated carbocycles. The van der Waals surface area contributed by atoms with Gasteiger partial charge in [0.1, 0.15) is 48.5 Å². The molecule has 15 nitrogen and oxygen atoms in total. The van der Waals surface area contributed by atoms with Gasteiger partial charge in [0.25, 0.3) is 5.69 Å². The van der Waals surface area contributed by atoms with E-state index in [1.807, 2.05) is 0 Å². The lowest BCUT2D eigenvalue weighted by atomic mass is 9.99. The average molecular weight is 465 g/mol. The van der Waals surface area contributed by atoms with Crippen LogP contribution in [0, 0.1) is 10.1 Å². The first-order chi connectivity index (χ1) is 15.1. The molecule has 0 radical (unpaired) electrons. The molecule has 0 spiro atoms. The molecule has 2 saturated heterocycles. The predicted octanol–water partition coefficient (Wildman–Crippen LogP) is -2.95. The first-order valence-electron chi connectivity index (χ1n) is 9.36. The molecular weight excluding hydrogens is 442 g/mol. The highest BCUT2D eigenvalue weighted by atomic mass is 17.1. The van der Waals surface area contributed by atoms with Crippen molar-refractivity contribution in [2.24, 2.45) is 0 Å². The summed E-state index contributed by atoms with van der Waals surface area (Å²) in [5, 5.41) is 79.2. The largest absolute Gasteiger partial charge is 0.462 e. The average Bonchev–Trinajstić information content (AvgIpc) is 2.78. The van der Waals surface area contributed by atoms with Crippen molar-refractivity contribution < 1.29 is 64.7 Å². The van der Waals surface area contributed by atoms with Crippen molar-refractivity contribution >= 4 is 5.69 Å². The molecule has 0 aliphatic carbocycles. The third-order valence-electron chi connectivity index (χ3n) is 5.02. The van der Waals surface area contributed by atoms with Gasteiger partial charge < -0.3 is 49.6 Å². The summed E-state index contributed by atoms with van der Waals surface area (Å²) in [5.41, 5.74) is -0.201. The molecule has 0 unspecified atom stereocenters. The van der Waals surface area contributed by atoms with Crippen molar-refractivity contribution in [1.29, 1.82) is 0 Å². The fourth-order valence-corrected chi connectivity index (χ4v) is 3.16. The van der Waals surface area contributed by atoms with Gasteiger partial charge in [0.05, 0.1) is 11.5 Å². The zero-order valence-corrected chi connectivity index (χ0v) is 16.2. The van der Waals surface area contributed by atoms with E-state index in [0.29, 0.717) is 0 Å². The quantitative estimate of drug-likeness (QED) is 0.121. The summed E-state index contributed by atoms with van der Waals surface area (Å²) in [7, 11) is 0. The Hall–Kier alpha value is -2.02. The number of ether oxygens (including phenoxy) is 4. The molecule has 0 bridgehead atoms. The predicted molar refractivity (Wildman–Crippen MR) is 96.8 cm³/mol. The Kier molecular flexibility index (Phi) is 7.91. The number of hydrogen-bond acceptors (Lipinski definition) is 14. The molecule has 1 aromatic carbocycles. The minimum atomic E-state index is -1.80. The van der Waals surface area contributed by atoms with Gasteiger partial charge in [-0.1, -0.05) is 0 Å². The second-order valence-electron chi connectivity index (χ2n) is 7.17. The standard InChI is InChI=1S/C17H23NO14/c19-9-8(5-28-15-12(22)11(21)14(24)17(31-15)32-27)30-16(13(23)10(9)20)29-7-3-1-6(2-4-7)18(25)26/h1-4,8-17,19-24,27H,5H2/t8-,9+,10+,11-,12-,13-,14-,15-,16-,17-/m1/s1. The molecule has 32 heavy (non-hydrogen) atoms. The second kappa shape index (κ2) is 10.3. The van der Waals surface area contributed by atoms with Crippen LogP contribution in [0.2, 0.25) is 0 Å². The Morgan fingerprint density at radius 3 is 1.97 bits per heavy atom. The Morgan fingerprint density at radius 1 is 0.812 bits per heavy atom.